The van der Waals surface area contributed by atoms with E-state index < -0.39 is 16.9 Å². The standard InChI is InChI=1S/C20H20N6O3S/c1-12(27)13-6-5-7-14(10-13)24-20-23-11-15(18(21)28)19(26-20)25-16-8-3-4-9-17(16)30(29)22-2/h3-11,22H,1-2H3,(H2,21,28)(H2,23,24,25,26). The molecule has 3 aromatic rings. The van der Waals surface area contributed by atoms with Gasteiger partial charge in [-0.15, -0.1) is 0 Å². The van der Waals surface area contributed by atoms with Gasteiger partial charge in [0.15, 0.2) is 5.78 Å². The van der Waals surface area contributed by atoms with Crippen LogP contribution >= 0.6 is 0 Å². The Kier molecular flexibility index (Phi) is 6.50. The summed E-state index contributed by atoms with van der Waals surface area (Å²) in [6.07, 6.45) is 1.30. The van der Waals surface area contributed by atoms with Crippen molar-refractivity contribution in [3.8, 4) is 0 Å². The monoisotopic (exact) mass is 424 g/mol. The van der Waals surface area contributed by atoms with Crippen LogP contribution in [0.3, 0.4) is 0 Å². The highest BCUT2D eigenvalue weighted by Gasteiger charge is 2.16. The van der Waals surface area contributed by atoms with Crippen LogP contribution in [0.15, 0.2) is 59.6 Å². The maximum absolute atomic E-state index is 12.2. The van der Waals surface area contributed by atoms with Gasteiger partial charge in [0.1, 0.15) is 22.4 Å². The van der Waals surface area contributed by atoms with E-state index in [1.165, 1.54) is 13.1 Å². The third-order valence-electron chi connectivity index (χ3n) is 4.10. The number of carbonyl (C=O) groups excluding carboxylic acids is 2. The molecule has 1 aromatic heterocycles. The molecule has 0 aliphatic heterocycles. The molecule has 0 aliphatic rings. The van der Waals surface area contributed by atoms with E-state index in [9.17, 15) is 13.8 Å². The molecule has 10 heteroatoms. The van der Waals surface area contributed by atoms with Crippen LogP contribution in [-0.4, -0.2) is 32.9 Å². The predicted molar refractivity (Wildman–Crippen MR) is 115 cm³/mol. The normalized spacial score (nSPS) is 11.5. The third kappa shape index (κ3) is 4.85. The van der Waals surface area contributed by atoms with Crippen LogP contribution < -0.4 is 21.1 Å². The lowest BCUT2D eigenvalue weighted by molar-refractivity contribution is 0.0996. The van der Waals surface area contributed by atoms with Crippen LogP contribution in [0.25, 0.3) is 0 Å². The van der Waals surface area contributed by atoms with Crippen molar-refractivity contribution in [2.24, 2.45) is 5.73 Å². The Morgan fingerprint density at radius 1 is 1.07 bits per heavy atom. The Morgan fingerprint density at radius 3 is 2.53 bits per heavy atom. The van der Waals surface area contributed by atoms with Crippen molar-refractivity contribution in [1.82, 2.24) is 14.7 Å². The van der Waals surface area contributed by atoms with Gasteiger partial charge in [0.2, 0.25) is 5.95 Å². The molecule has 0 spiro atoms. The quantitative estimate of drug-likeness (QED) is 0.407. The van der Waals surface area contributed by atoms with Gasteiger partial charge in [-0.1, -0.05) is 24.3 Å². The number of carbonyl (C=O) groups is 2. The predicted octanol–water partition coefficient (Wildman–Crippen LogP) is 2.51. The van der Waals surface area contributed by atoms with Crippen LogP contribution in [0, 0.1) is 0 Å². The lowest BCUT2D eigenvalue weighted by atomic mass is 10.1. The van der Waals surface area contributed by atoms with Crippen LogP contribution in [0.4, 0.5) is 23.1 Å². The molecule has 9 nitrogen and oxygen atoms in total. The number of nitrogens with zero attached hydrogens (tertiary/aromatic N) is 2. The number of primary amides is 1. The highest BCUT2D eigenvalue weighted by molar-refractivity contribution is 7.83. The summed E-state index contributed by atoms with van der Waals surface area (Å²) in [7, 11) is 0.116. The Bertz CT molecular complexity index is 1140. The number of anilines is 4. The van der Waals surface area contributed by atoms with Crippen LogP contribution in [0.5, 0.6) is 0 Å². The summed E-state index contributed by atoms with van der Waals surface area (Å²) < 4.78 is 14.9. The van der Waals surface area contributed by atoms with Crippen LogP contribution in [0.2, 0.25) is 0 Å². The van der Waals surface area contributed by atoms with Crippen LogP contribution in [0.1, 0.15) is 27.6 Å². The molecular formula is C20H20N6O3S. The number of ketones is 1. The van der Waals surface area contributed by atoms with Gasteiger partial charge >= 0.3 is 0 Å². The van der Waals surface area contributed by atoms with E-state index in [1.54, 1.807) is 55.6 Å². The molecule has 0 saturated heterocycles. The Balaban J connectivity index is 1.97. The lowest BCUT2D eigenvalue weighted by Crippen LogP contribution is -2.17. The second-order valence-corrected chi connectivity index (χ2v) is 7.56. The van der Waals surface area contributed by atoms with Gasteiger partial charge < -0.3 is 16.4 Å². The van der Waals surface area contributed by atoms with Crippen molar-refractivity contribution < 1.29 is 13.8 Å². The molecule has 1 unspecified atom stereocenters. The molecule has 30 heavy (non-hydrogen) atoms. The summed E-state index contributed by atoms with van der Waals surface area (Å²) in [6, 6.07) is 13.8. The second-order valence-electron chi connectivity index (χ2n) is 6.18. The molecule has 5 N–H and O–H groups in total. The van der Waals surface area contributed by atoms with Crippen molar-refractivity contribution in [2.45, 2.75) is 11.8 Å². The molecule has 2 aromatic carbocycles. The first-order valence-electron chi connectivity index (χ1n) is 8.89. The SMILES string of the molecule is CNS(=O)c1ccccc1Nc1nc(Nc2cccc(C(C)=O)c2)ncc1C(N)=O. The Labute approximate surface area is 175 Å². The molecule has 0 fully saturated rings. The number of nitrogens with two attached hydrogens (primary N) is 1. The van der Waals surface area contributed by atoms with Crippen molar-refractivity contribution >= 4 is 45.8 Å². The van der Waals surface area contributed by atoms with E-state index in [-0.39, 0.29) is 23.1 Å². The molecule has 1 heterocycles. The fraction of sp³-hybridized carbons (Fsp3) is 0.100. The Hall–Kier alpha value is -3.63. The third-order valence-corrected chi connectivity index (χ3v) is 5.23. The fourth-order valence-corrected chi connectivity index (χ4v) is 3.37. The molecular weight excluding hydrogens is 404 g/mol. The molecule has 0 saturated carbocycles. The van der Waals surface area contributed by atoms with Gasteiger partial charge in [0, 0.05) is 17.4 Å². The minimum absolute atomic E-state index is 0.0693. The molecule has 3 rings (SSSR count). The van der Waals surface area contributed by atoms with Crippen LogP contribution in [-0.2, 0) is 11.0 Å². The van der Waals surface area contributed by atoms with Gasteiger partial charge in [-0.3, -0.25) is 9.59 Å². The summed E-state index contributed by atoms with van der Waals surface area (Å²) in [6.45, 7) is 1.48. The number of rotatable bonds is 8. The number of para-hydroxylation sites is 1. The summed E-state index contributed by atoms with van der Waals surface area (Å²) in [5, 5.41) is 6.02. The Morgan fingerprint density at radius 2 is 1.83 bits per heavy atom. The minimum Gasteiger partial charge on any atom is -0.365 e. The largest absolute Gasteiger partial charge is 0.365 e. The summed E-state index contributed by atoms with van der Waals surface area (Å²) >= 11 is 0. The minimum atomic E-state index is -1.46. The molecule has 154 valence electrons. The van der Waals surface area contributed by atoms with Gasteiger partial charge in [-0.2, -0.15) is 4.98 Å². The fourth-order valence-electron chi connectivity index (χ4n) is 2.63. The van der Waals surface area contributed by atoms with E-state index in [2.05, 4.69) is 25.3 Å². The van der Waals surface area contributed by atoms with E-state index >= 15 is 0 Å². The number of hydrogen-bond acceptors (Lipinski definition) is 7. The second kappa shape index (κ2) is 9.25. The highest BCUT2D eigenvalue weighted by Crippen LogP contribution is 2.25. The number of aromatic nitrogens is 2. The van der Waals surface area contributed by atoms with Crippen molar-refractivity contribution in [3.05, 3.63) is 65.9 Å². The molecule has 1 atom stereocenters. The first-order chi connectivity index (χ1) is 14.4. The summed E-state index contributed by atoms with van der Waals surface area (Å²) in [5.41, 5.74) is 7.17. The first kappa shape index (κ1) is 21.1. The van der Waals surface area contributed by atoms with Gasteiger partial charge in [-0.25, -0.2) is 13.9 Å². The zero-order valence-corrected chi connectivity index (χ0v) is 17.1. The average molecular weight is 424 g/mol. The first-order valence-corrected chi connectivity index (χ1v) is 10.0. The topological polar surface area (TPSA) is 139 Å². The zero-order chi connectivity index (χ0) is 21.7. The average Bonchev–Trinajstić information content (AvgIpc) is 2.73. The van der Waals surface area contributed by atoms with Crippen molar-refractivity contribution in [3.63, 3.8) is 0 Å². The number of Topliss-reactive ketones (excluding diaryl/α,β-unsaturated/α-hetero) is 1. The highest BCUT2D eigenvalue weighted by atomic mass is 32.2. The van der Waals surface area contributed by atoms with Gasteiger partial charge in [-0.05, 0) is 38.2 Å². The van der Waals surface area contributed by atoms with Gasteiger partial charge in [0.25, 0.3) is 5.91 Å². The number of hydrogen-bond donors (Lipinski definition) is 4. The summed E-state index contributed by atoms with van der Waals surface area (Å²) in [4.78, 5) is 32.4. The van der Waals surface area contributed by atoms with E-state index in [0.29, 0.717) is 21.8 Å². The zero-order valence-electron chi connectivity index (χ0n) is 16.3. The maximum atomic E-state index is 12.2. The number of benzene rings is 2. The number of nitrogens with one attached hydrogen (secondary N) is 3. The molecule has 1 amide bonds. The molecule has 0 radical (unpaired) electrons. The maximum Gasteiger partial charge on any atom is 0.254 e. The van der Waals surface area contributed by atoms with Crippen molar-refractivity contribution in [2.75, 3.05) is 17.7 Å². The molecule has 0 bridgehead atoms. The number of amides is 1. The van der Waals surface area contributed by atoms with E-state index in [0.717, 1.165) is 0 Å². The summed E-state index contributed by atoms with van der Waals surface area (Å²) in [5.74, 6) is -0.436. The lowest BCUT2D eigenvalue weighted by Gasteiger charge is -2.14. The van der Waals surface area contributed by atoms with Gasteiger partial charge in [0.05, 0.1) is 10.6 Å². The smallest absolute Gasteiger partial charge is 0.254 e. The molecule has 0 aliphatic carbocycles. The van der Waals surface area contributed by atoms with E-state index in [4.69, 9.17) is 5.73 Å². The van der Waals surface area contributed by atoms with E-state index in [1.807, 2.05) is 0 Å². The van der Waals surface area contributed by atoms with Crippen molar-refractivity contribution in [1.29, 1.82) is 0 Å².